The second-order valence-electron chi connectivity index (χ2n) is 26.0. The Labute approximate surface area is 534 Å². The van der Waals surface area contributed by atoms with Crippen molar-refractivity contribution in [2.24, 2.45) is 0 Å². The van der Waals surface area contributed by atoms with Crippen molar-refractivity contribution < 1.29 is 0 Å². The van der Waals surface area contributed by atoms with Crippen LogP contribution in [0, 0.1) is 69.2 Å². The van der Waals surface area contributed by atoms with Crippen LogP contribution < -0.4 is 0 Å². The number of nitrogens with zero attached hydrogens (tertiary/aromatic N) is 7. The Morgan fingerprint density at radius 1 is 0.217 bits per heavy atom. The summed E-state index contributed by atoms with van der Waals surface area (Å²) in [4.78, 5) is 16.9. The Morgan fingerprint density at radius 3 is 0.804 bits per heavy atom. The van der Waals surface area contributed by atoms with E-state index >= 15 is 0 Å². The molecule has 0 atom stereocenters. The molecule has 0 bridgehead atoms. The van der Waals surface area contributed by atoms with Gasteiger partial charge in [0.1, 0.15) is 0 Å². The number of hydrogen-bond donors (Lipinski definition) is 0. The Kier molecular flexibility index (Phi) is 12.4. The highest BCUT2D eigenvalue weighted by Crippen LogP contribution is 2.55. The van der Waals surface area contributed by atoms with Gasteiger partial charge in [0.2, 0.25) is 0 Å². The molecule has 7 nitrogen and oxygen atoms in total. The van der Waals surface area contributed by atoms with Gasteiger partial charge in [0.15, 0.2) is 5.82 Å². The largest absolute Gasteiger partial charge is 0.306 e. The third-order valence-corrected chi connectivity index (χ3v) is 19.0. The molecular weight excluding hydrogens is 1120 g/mol. The predicted molar refractivity (Wildman–Crippen MR) is 386 cm³/mol. The van der Waals surface area contributed by atoms with E-state index in [2.05, 4.69) is 312 Å². The SMILES string of the molecule is Cc1ccc2c(c1)c1cc(C)ccc1n2-c1c(-c2cc(C)nc(C)c2)c(-c2cc(-c3ccccc3)nc(-c3ccccc3)n2)c(-n2c3ccc(C)cc3c3cc(C)ccc32)c(-n2c3ccc(C)cc3c3cc(C)ccc32)c1-n1c2ccc(C)cc2c2cc(C)ccc21. The minimum absolute atomic E-state index is 0.625. The van der Waals surface area contributed by atoms with Gasteiger partial charge < -0.3 is 18.3 Å². The lowest BCUT2D eigenvalue weighted by Gasteiger charge is -2.31. The van der Waals surface area contributed by atoms with E-state index in [0.717, 1.165) is 117 Å². The van der Waals surface area contributed by atoms with Crippen LogP contribution in [0.5, 0.6) is 0 Å². The maximum absolute atomic E-state index is 6.08. The van der Waals surface area contributed by atoms with Gasteiger partial charge in [-0.2, -0.15) is 0 Å². The van der Waals surface area contributed by atoms with Gasteiger partial charge in [-0.1, -0.05) is 154 Å². The molecule has 0 saturated heterocycles. The molecule has 0 amide bonds. The highest BCUT2D eigenvalue weighted by atomic mass is 15.1. The van der Waals surface area contributed by atoms with E-state index in [9.17, 15) is 0 Å². The summed E-state index contributed by atoms with van der Waals surface area (Å²) in [5.41, 5.74) is 30.5. The maximum Gasteiger partial charge on any atom is 0.160 e. The molecule has 7 heteroatoms. The van der Waals surface area contributed by atoms with Crippen molar-refractivity contribution in [3.8, 4) is 67.8 Å². The molecular formula is C85H67N7. The fourth-order valence-electron chi connectivity index (χ4n) is 15.1. The van der Waals surface area contributed by atoms with E-state index in [1.807, 2.05) is 0 Å². The van der Waals surface area contributed by atoms with E-state index in [4.69, 9.17) is 15.0 Å². The van der Waals surface area contributed by atoms with Gasteiger partial charge in [0, 0.05) is 76.7 Å². The van der Waals surface area contributed by atoms with Gasteiger partial charge in [-0.25, -0.2) is 9.97 Å². The summed E-state index contributed by atoms with van der Waals surface area (Å²) in [7, 11) is 0. The van der Waals surface area contributed by atoms with Gasteiger partial charge >= 0.3 is 0 Å². The zero-order chi connectivity index (χ0) is 62.5. The molecule has 0 N–H and O–H groups in total. The molecule has 0 aliphatic heterocycles. The maximum atomic E-state index is 6.08. The predicted octanol–water partition coefficient (Wildman–Crippen LogP) is 22.0. The molecule has 0 aliphatic rings. The van der Waals surface area contributed by atoms with E-state index in [1.54, 1.807) is 0 Å². The topological polar surface area (TPSA) is 58.4 Å². The van der Waals surface area contributed by atoms with Gasteiger partial charge in [-0.3, -0.25) is 4.98 Å². The lowest BCUT2D eigenvalue weighted by Crippen LogP contribution is -2.17. The highest BCUT2D eigenvalue weighted by molar-refractivity contribution is 6.19. The number of aryl methyl sites for hydroxylation is 10. The number of pyridine rings is 1. The molecule has 0 unspecified atom stereocenters. The van der Waals surface area contributed by atoms with E-state index in [-0.39, 0.29) is 0 Å². The molecule has 0 radical (unpaired) electrons. The van der Waals surface area contributed by atoms with Crippen molar-refractivity contribution in [3.63, 3.8) is 0 Å². The average Bonchev–Trinajstić information content (AvgIpc) is 1.41. The Morgan fingerprint density at radius 2 is 0.489 bits per heavy atom. The fraction of sp³-hybridized carbons (Fsp3) is 0.118. The molecule has 6 heterocycles. The number of fused-ring (bicyclic) bond motifs is 12. The molecule has 6 aromatic heterocycles. The summed E-state index contributed by atoms with van der Waals surface area (Å²) in [6.45, 7) is 22.0. The van der Waals surface area contributed by atoms with Crippen LogP contribution in [0.1, 0.15) is 55.9 Å². The molecule has 11 aromatic carbocycles. The van der Waals surface area contributed by atoms with E-state index in [1.165, 1.54) is 87.6 Å². The number of hydrogen-bond acceptors (Lipinski definition) is 3. The Bertz CT molecular complexity index is 5670. The minimum Gasteiger partial charge on any atom is -0.306 e. The second kappa shape index (κ2) is 20.7. The molecule has 0 spiro atoms. The lowest BCUT2D eigenvalue weighted by atomic mass is 9.89. The minimum atomic E-state index is 0.625. The van der Waals surface area contributed by atoms with Gasteiger partial charge in [-0.05, 0) is 190 Å². The van der Waals surface area contributed by atoms with Gasteiger partial charge in [0.25, 0.3) is 0 Å². The molecule has 17 rings (SSSR count). The van der Waals surface area contributed by atoms with Crippen LogP contribution in [0.4, 0.5) is 0 Å². The van der Waals surface area contributed by atoms with Crippen molar-refractivity contribution in [2.75, 3.05) is 0 Å². The molecule has 442 valence electrons. The molecule has 0 aliphatic carbocycles. The van der Waals surface area contributed by atoms with Gasteiger partial charge in [0.05, 0.1) is 78.3 Å². The molecule has 0 saturated carbocycles. The molecule has 0 fully saturated rings. The Hall–Kier alpha value is -11.2. The van der Waals surface area contributed by atoms with Crippen LogP contribution in [0.25, 0.3) is 155 Å². The van der Waals surface area contributed by atoms with Crippen LogP contribution >= 0.6 is 0 Å². The summed E-state index contributed by atoms with van der Waals surface area (Å²) >= 11 is 0. The van der Waals surface area contributed by atoms with E-state index < -0.39 is 0 Å². The summed E-state index contributed by atoms with van der Waals surface area (Å²) in [5.74, 6) is 0.625. The van der Waals surface area contributed by atoms with Crippen molar-refractivity contribution in [2.45, 2.75) is 69.2 Å². The van der Waals surface area contributed by atoms with Crippen LogP contribution in [-0.4, -0.2) is 33.2 Å². The van der Waals surface area contributed by atoms with Crippen molar-refractivity contribution in [1.29, 1.82) is 0 Å². The smallest absolute Gasteiger partial charge is 0.160 e. The first-order valence-corrected chi connectivity index (χ1v) is 32.0. The summed E-state index contributed by atoms with van der Waals surface area (Å²) < 4.78 is 10.5. The first kappa shape index (κ1) is 55.0. The summed E-state index contributed by atoms with van der Waals surface area (Å²) in [6.07, 6.45) is 0. The van der Waals surface area contributed by atoms with Crippen molar-refractivity contribution in [1.82, 2.24) is 33.2 Å². The van der Waals surface area contributed by atoms with Crippen molar-refractivity contribution >= 4 is 87.2 Å². The zero-order valence-corrected chi connectivity index (χ0v) is 53.5. The lowest BCUT2D eigenvalue weighted by molar-refractivity contribution is 1.02. The average molecular weight is 1190 g/mol. The monoisotopic (exact) mass is 1190 g/mol. The van der Waals surface area contributed by atoms with Crippen molar-refractivity contribution in [3.05, 3.63) is 280 Å². The summed E-state index contributed by atoms with van der Waals surface area (Å²) in [6, 6.07) is 84.4. The standard InChI is InChI=1S/C85H67N7/c1-48-21-29-71-61(37-48)62-38-49(2)22-30-72(62)89(71)81-79(60-45-56(9)86-57(10)46-60)80(70-47-69(58-17-13-11-14-18-58)87-85(88-70)59-19-15-12-16-20-59)82(90-73-31-23-50(3)39-63(73)64-40-51(4)24-32-74(64)90)84(92-77-35-27-54(7)43-67(77)68-44-55(8)28-36-78(68)92)83(81)91-75-33-25-52(5)41-65(75)66-42-53(6)26-34-76(66)91/h11-47H,1-10H3. The van der Waals surface area contributed by atoms with E-state index in [0.29, 0.717) is 5.82 Å². The summed E-state index contributed by atoms with van der Waals surface area (Å²) in [5, 5.41) is 9.43. The van der Waals surface area contributed by atoms with Crippen LogP contribution in [0.15, 0.2) is 224 Å². The van der Waals surface area contributed by atoms with Crippen LogP contribution in [-0.2, 0) is 0 Å². The fourth-order valence-corrected chi connectivity index (χ4v) is 15.1. The zero-order valence-electron chi connectivity index (χ0n) is 53.5. The number of benzene rings is 11. The second-order valence-corrected chi connectivity index (χ2v) is 26.0. The quantitative estimate of drug-likeness (QED) is 0.152. The number of rotatable bonds is 8. The van der Waals surface area contributed by atoms with Crippen LogP contribution in [0.2, 0.25) is 0 Å². The third kappa shape index (κ3) is 8.52. The first-order chi connectivity index (χ1) is 44.7. The first-order valence-electron chi connectivity index (χ1n) is 32.0. The highest BCUT2D eigenvalue weighted by Gasteiger charge is 2.37. The van der Waals surface area contributed by atoms with Crippen LogP contribution in [0.3, 0.4) is 0 Å². The number of aromatic nitrogens is 7. The van der Waals surface area contributed by atoms with Gasteiger partial charge in [-0.15, -0.1) is 0 Å². The molecule has 92 heavy (non-hydrogen) atoms. The third-order valence-electron chi connectivity index (χ3n) is 19.0. The Balaban J connectivity index is 1.28. The normalized spacial score (nSPS) is 12.0. The molecule has 17 aromatic rings.